The second-order valence-electron chi connectivity index (χ2n) is 4.86. The fourth-order valence-corrected chi connectivity index (χ4v) is 2.65. The van der Waals surface area contributed by atoms with Crippen molar-refractivity contribution in [2.75, 3.05) is 13.2 Å². The van der Waals surface area contributed by atoms with Crippen LogP contribution in [0, 0.1) is 11.8 Å². The lowest BCUT2D eigenvalue weighted by Crippen LogP contribution is -2.41. The van der Waals surface area contributed by atoms with E-state index in [2.05, 4.69) is 12.2 Å². The van der Waals surface area contributed by atoms with Crippen molar-refractivity contribution in [3.05, 3.63) is 0 Å². The number of amides is 1. The average Bonchev–Trinajstić information content (AvgIpc) is 2.79. The van der Waals surface area contributed by atoms with Crippen LogP contribution < -0.4 is 11.1 Å². The Morgan fingerprint density at radius 1 is 1.56 bits per heavy atom. The first kappa shape index (κ1) is 15.4. The first-order valence-electron chi connectivity index (χ1n) is 6.78. The molecule has 3 unspecified atom stereocenters. The molecule has 18 heavy (non-hydrogen) atoms. The van der Waals surface area contributed by atoms with Crippen LogP contribution in [0.25, 0.3) is 0 Å². The number of carbonyl (C=O) groups excluding carboxylic acids is 1. The lowest BCUT2D eigenvalue weighted by molar-refractivity contribution is -0.123. The van der Waals surface area contributed by atoms with Crippen LogP contribution in [0.15, 0.2) is 0 Å². The predicted octanol–water partition coefficient (Wildman–Crippen LogP) is 1.62. The summed E-state index contributed by atoms with van der Waals surface area (Å²) in [6.45, 7) is 5.60. The lowest BCUT2D eigenvalue weighted by atomic mass is 9.98. The predicted molar refractivity (Wildman–Crippen MR) is 76.3 cm³/mol. The monoisotopic (exact) mass is 272 g/mol. The standard InChI is InChI=1S/C13H24N2O2S/c1-3-5-10(12(14)18)13(16)15-8-9-6-7-17-11(9)4-2/h9-11H,3-8H2,1-2H3,(H2,14,18)(H,15,16). The summed E-state index contributed by atoms with van der Waals surface area (Å²) in [6, 6.07) is 0. The highest BCUT2D eigenvalue weighted by molar-refractivity contribution is 7.80. The Morgan fingerprint density at radius 3 is 2.83 bits per heavy atom. The van der Waals surface area contributed by atoms with Gasteiger partial charge in [-0.25, -0.2) is 0 Å². The second kappa shape index (κ2) is 7.69. The van der Waals surface area contributed by atoms with E-state index < -0.39 is 0 Å². The van der Waals surface area contributed by atoms with Crippen LogP contribution in [0.1, 0.15) is 39.5 Å². The SMILES string of the molecule is CCCC(C(=O)NCC1CCOC1CC)C(N)=S. The molecule has 4 nitrogen and oxygen atoms in total. The van der Waals surface area contributed by atoms with E-state index in [1.807, 2.05) is 6.92 Å². The molecule has 1 rings (SSSR count). The van der Waals surface area contributed by atoms with Gasteiger partial charge in [0.25, 0.3) is 0 Å². The van der Waals surface area contributed by atoms with Crippen molar-refractivity contribution < 1.29 is 9.53 Å². The number of nitrogens with two attached hydrogens (primary N) is 1. The Balaban J connectivity index is 2.41. The smallest absolute Gasteiger partial charge is 0.229 e. The van der Waals surface area contributed by atoms with Crippen LogP contribution in [0.3, 0.4) is 0 Å². The zero-order valence-electron chi connectivity index (χ0n) is 11.3. The molecule has 1 amide bonds. The molecule has 0 spiro atoms. The first-order valence-corrected chi connectivity index (χ1v) is 7.19. The number of thiocarbonyl (C=S) groups is 1. The summed E-state index contributed by atoms with van der Waals surface area (Å²) in [5.41, 5.74) is 5.61. The maximum absolute atomic E-state index is 12.0. The van der Waals surface area contributed by atoms with Crippen molar-refractivity contribution in [2.45, 2.75) is 45.6 Å². The van der Waals surface area contributed by atoms with Crippen LogP contribution in [-0.2, 0) is 9.53 Å². The molecule has 0 aromatic rings. The van der Waals surface area contributed by atoms with Gasteiger partial charge in [-0.15, -0.1) is 0 Å². The average molecular weight is 272 g/mol. The zero-order chi connectivity index (χ0) is 13.5. The molecule has 0 radical (unpaired) electrons. The number of rotatable bonds is 7. The van der Waals surface area contributed by atoms with Crippen molar-refractivity contribution in [1.29, 1.82) is 0 Å². The number of hydrogen-bond acceptors (Lipinski definition) is 3. The normalized spacial score (nSPS) is 24.8. The van der Waals surface area contributed by atoms with Crippen LogP contribution in [0.2, 0.25) is 0 Å². The van der Waals surface area contributed by atoms with E-state index in [-0.39, 0.29) is 17.9 Å². The third-order valence-electron chi connectivity index (χ3n) is 3.52. The van der Waals surface area contributed by atoms with Gasteiger partial charge in [0.1, 0.15) is 0 Å². The number of carbonyl (C=O) groups is 1. The van der Waals surface area contributed by atoms with E-state index in [0.29, 0.717) is 17.5 Å². The molecule has 1 aliphatic heterocycles. The summed E-state index contributed by atoms with van der Waals surface area (Å²) >= 11 is 4.95. The molecule has 1 aliphatic rings. The van der Waals surface area contributed by atoms with E-state index in [4.69, 9.17) is 22.7 Å². The fourth-order valence-electron chi connectivity index (χ4n) is 2.42. The minimum Gasteiger partial charge on any atom is -0.393 e. The van der Waals surface area contributed by atoms with Crippen molar-refractivity contribution in [3.63, 3.8) is 0 Å². The molecular weight excluding hydrogens is 248 g/mol. The third-order valence-corrected chi connectivity index (χ3v) is 3.81. The zero-order valence-corrected chi connectivity index (χ0v) is 12.1. The molecule has 3 atom stereocenters. The molecule has 1 fully saturated rings. The summed E-state index contributed by atoms with van der Waals surface area (Å²) in [4.78, 5) is 12.3. The van der Waals surface area contributed by atoms with Gasteiger partial charge in [-0.1, -0.05) is 32.5 Å². The van der Waals surface area contributed by atoms with Gasteiger partial charge in [-0.2, -0.15) is 0 Å². The van der Waals surface area contributed by atoms with E-state index in [1.165, 1.54) is 0 Å². The molecule has 104 valence electrons. The molecule has 5 heteroatoms. The highest BCUT2D eigenvalue weighted by atomic mass is 32.1. The summed E-state index contributed by atoms with van der Waals surface area (Å²) < 4.78 is 5.60. The maximum atomic E-state index is 12.0. The van der Waals surface area contributed by atoms with Crippen molar-refractivity contribution in [2.24, 2.45) is 17.6 Å². The summed E-state index contributed by atoms with van der Waals surface area (Å²) in [5, 5.41) is 2.97. The van der Waals surface area contributed by atoms with E-state index >= 15 is 0 Å². The Bertz CT molecular complexity index is 297. The topological polar surface area (TPSA) is 64.3 Å². The summed E-state index contributed by atoms with van der Waals surface area (Å²) in [5.74, 6) is 0.0612. The van der Waals surface area contributed by atoms with Crippen molar-refractivity contribution >= 4 is 23.1 Å². The van der Waals surface area contributed by atoms with Gasteiger partial charge in [0.05, 0.1) is 17.0 Å². The molecular formula is C13H24N2O2S. The van der Waals surface area contributed by atoms with Crippen LogP contribution in [-0.4, -0.2) is 30.2 Å². The molecule has 0 bridgehead atoms. The fraction of sp³-hybridized carbons (Fsp3) is 0.846. The Hall–Kier alpha value is -0.680. The molecule has 1 saturated heterocycles. The molecule has 0 saturated carbocycles. The molecule has 1 heterocycles. The van der Waals surface area contributed by atoms with Gasteiger partial charge in [0.2, 0.25) is 5.91 Å². The molecule has 3 N–H and O–H groups in total. The van der Waals surface area contributed by atoms with Gasteiger partial charge in [-0.05, 0) is 19.3 Å². The van der Waals surface area contributed by atoms with Crippen molar-refractivity contribution in [1.82, 2.24) is 5.32 Å². The van der Waals surface area contributed by atoms with E-state index in [9.17, 15) is 4.79 Å². The van der Waals surface area contributed by atoms with E-state index in [0.717, 1.165) is 32.3 Å². The Kier molecular flexibility index (Phi) is 6.57. The summed E-state index contributed by atoms with van der Waals surface area (Å²) in [7, 11) is 0. The second-order valence-corrected chi connectivity index (χ2v) is 5.33. The highest BCUT2D eigenvalue weighted by Crippen LogP contribution is 2.22. The quantitative estimate of drug-likeness (QED) is 0.691. The number of ether oxygens (including phenoxy) is 1. The van der Waals surface area contributed by atoms with Gasteiger partial charge >= 0.3 is 0 Å². The van der Waals surface area contributed by atoms with Gasteiger partial charge in [0.15, 0.2) is 0 Å². The van der Waals surface area contributed by atoms with Gasteiger partial charge in [-0.3, -0.25) is 4.79 Å². The number of nitrogens with one attached hydrogen (secondary N) is 1. The van der Waals surface area contributed by atoms with Gasteiger partial charge in [0, 0.05) is 19.1 Å². The molecule has 0 aliphatic carbocycles. The van der Waals surface area contributed by atoms with E-state index in [1.54, 1.807) is 0 Å². The lowest BCUT2D eigenvalue weighted by Gasteiger charge is -2.20. The Labute approximate surface area is 115 Å². The molecule has 0 aromatic heterocycles. The number of hydrogen-bond donors (Lipinski definition) is 2. The first-order chi connectivity index (χ1) is 8.60. The van der Waals surface area contributed by atoms with Crippen LogP contribution >= 0.6 is 12.2 Å². The van der Waals surface area contributed by atoms with Crippen LogP contribution in [0.4, 0.5) is 0 Å². The third kappa shape index (κ3) is 4.21. The summed E-state index contributed by atoms with van der Waals surface area (Å²) in [6.07, 6.45) is 3.91. The minimum absolute atomic E-state index is 0.0360. The maximum Gasteiger partial charge on any atom is 0.229 e. The minimum atomic E-state index is -0.326. The largest absolute Gasteiger partial charge is 0.393 e. The highest BCUT2D eigenvalue weighted by Gasteiger charge is 2.28. The van der Waals surface area contributed by atoms with Crippen molar-refractivity contribution in [3.8, 4) is 0 Å². The van der Waals surface area contributed by atoms with Crippen LogP contribution in [0.5, 0.6) is 0 Å². The molecule has 0 aromatic carbocycles. The van der Waals surface area contributed by atoms with Gasteiger partial charge < -0.3 is 15.8 Å². The Morgan fingerprint density at radius 2 is 2.28 bits per heavy atom.